The number of benzene rings is 1. The molecule has 1 aromatic heterocycles. The van der Waals surface area contributed by atoms with Crippen LogP contribution in [0, 0.1) is 6.92 Å². The molecule has 0 aliphatic carbocycles. The van der Waals surface area contributed by atoms with Crippen molar-refractivity contribution in [3.8, 4) is 0 Å². The average molecular weight is 302 g/mol. The van der Waals surface area contributed by atoms with Gasteiger partial charge in [0.05, 0.1) is 22.9 Å². The predicted octanol–water partition coefficient (Wildman–Crippen LogP) is 2.06. The zero-order chi connectivity index (χ0) is 15.1. The van der Waals surface area contributed by atoms with E-state index in [2.05, 4.69) is 15.3 Å². The Morgan fingerprint density at radius 2 is 2.24 bits per heavy atom. The van der Waals surface area contributed by atoms with E-state index in [1.165, 1.54) is 0 Å². The highest BCUT2D eigenvalue weighted by molar-refractivity contribution is 7.09. The number of hydrogen-bond acceptors (Lipinski definition) is 5. The van der Waals surface area contributed by atoms with Gasteiger partial charge in [-0.05, 0) is 19.1 Å². The first-order chi connectivity index (χ1) is 9.97. The summed E-state index contributed by atoms with van der Waals surface area (Å²) in [5.41, 5.74) is 9.81. The molecule has 3 rings (SSSR count). The lowest BCUT2D eigenvalue weighted by Gasteiger charge is -2.20. The molecule has 1 aliphatic rings. The molecular weight excluding hydrogens is 284 g/mol. The fraction of sp³-hybridized carbons (Fsp3) is 0.333. The van der Waals surface area contributed by atoms with E-state index >= 15 is 0 Å². The van der Waals surface area contributed by atoms with Gasteiger partial charge in [-0.15, -0.1) is 11.3 Å². The number of hydrogen-bond donors (Lipinski definition) is 1. The molecule has 0 spiro atoms. The lowest BCUT2D eigenvalue weighted by molar-refractivity contribution is -0.118. The monoisotopic (exact) mass is 302 g/mol. The quantitative estimate of drug-likeness (QED) is 0.943. The summed E-state index contributed by atoms with van der Waals surface area (Å²) in [6.07, 6.45) is 0. The molecule has 5 nitrogen and oxygen atoms in total. The summed E-state index contributed by atoms with van der Waals surface area (Å²) in [5, 5.41) is 3.15. The highest BCUT2D eigenvalue weighted by atomic mass is 32.1. The Morgan fingerprint density at radius 1 is 1.48 bits per heavy atom. The van der Waals surface area contributed by atoms with Gasteiger partial charge >= 0.3 is 0 Å². The molecule has 110 valence electrons. The van der Waals surface area contributed by atoms with Gasteiger partial charge in [-0.2, -0.15) is 0 Å². The number of anilines is 2. The van der Waals surface area contributed by atoms with Crippen LogP contribution in [-0.2, 0) is 11.3 Å². The molecule has 1 amide bonds. The van der Waals surface area contributed by atoms with E-state index in [4.69, 9.17) is 5.73 Å². The van der Waals surface area contributed by atoms with Crippen molar-refractivity contribution >= 4 is 28.6 Å². The van der Waals surface area contributed by atoms with Crippen LogP contribution in [0.4, 0.5) is 11.4 Å². The summed E-state index contributed by atoms with van der Waals surface area (Å²) in [6.45, 7) is 2.75. The van der Waals surface area contributed by atoms with Gasteiger partial charge in [-0.25, -0.2) is 4.98 Å². The zero-order valence-electron chi connectivity index (χ0n) is 12.3. The fourth-order valence-electron chi connectivity index (χ4n) is 2.60. The summed E-state index contributed by atoms with van der Waals surface area (Å²) < 4.78 is 0. The minimum Gasteiger partial charge on any atom is -0.369 e. The van der Waals surface area contributed by atoms with E-state index in [0.29, 0.717) is 0 Å². The van der Waals surface area contributed by atoms with Gasteiger partial charge in [0.15, 0.2) is 0 Å². The van der Waals surface area contributed by atoms with Crippen molar-refractivity contribution in [2.24, 2.45) is 5.73 Å². The van der Waals surface area contributed by atoms with Crippen molar-refractivity contribution in [1.29, 1.82) is 0 Å². The van der Waals surface area contributed by atoms with Crippen LogP contribution in [0.2, 0.25) is 0 Å². The first-order valence-electron chi connectivity index (χ1n) is 6.76. The molecule has 1 aliphatic heterocycles. The van der Waals surface area contributed by atoms with Crippen LogP contribution in [0.3, 0.4) is 0 Å². The van der Waals surface area contributed by atoms with Crippen LogP contribution in [0.1, 0.15) is 22.3 Å². The van der Waals surface area contributed by atoms with E-state index in [0.717, 1.165) is 34.2 Å². The standard InChI is InChI=1S/C15H18N4OS/c1-9-17-10(8-21-9)7-18(2)11-4-5-12-13(6-11)19(3)15(20)14(12)16/h4-6,8,14H,7,16H2,1-3H3. The van der Waals surface area contributed by atoms with Gasteiger partial charge < -0.3 is 15.5 Å². The Morgan fingerprint density at radius 3 is 2.90 bits per heavy atom. The summed E-state index contributed by atoms with van der Waals surface area (Å²) >= 11 is 1.66. The second-order valence-corrected chi connectivity index (χ2v) is 6.39. The van der Waals surface area contributed by atoms with E-state index in [1.54, 1.807) is 23.3 Å². The second kappa shape index (κ2) is 5.13. The number of aromatic nitrogens is 1. The number of thiazole rings is 1. The number of nitrogens with zero attached hydrogens (tertiary/aromatic N) is 3. The SMILES string of the molecule is Cc1nc(CN(C)c2ccc3c(c2)N(C)C(=O)C3N)cs1. The molecule has 2 aromatic rings. The number of rotatable bonds is 3. The highest BCUT2D eigenvalue weighted by Gasteiger charge is 2.32. The molecule has 0 saturated carbocycles. The van der Waals surface area contributed by atoms with Crippen LogP contribution in [0.25, 0.3) is 0 Å². The largest absolute Gasteiger partial charge is 0.369 e. The van der Waals surface area contributed by atoms with Gasteiger partial charge in [0.2, 0.25) is 5.91 Å². The van der Waals surface area contributed by atoms with Crippen molar-refractivity contribution in [2.75, 3.05) is 23.9 Å². The summed E-state index contributed by atoms with van der Waals surface area (Å²) in [4.78, 5) is 20.1. The normalized spacial score (nSPS) is 17.2. The molecule has 0 bridgehead atoms. The third kappa shape index (κ3) is 2.41. The van der Waals surface area contributed by atoms with Gasteiger partial charge in [0.1, 0.15) is 6.04 Å². The maximum Gasteiger partial charge on any atom is 0.248 e. The predicted molar refractivity (Wildman–Crippen MR) is 85.7 cm³/mol. The molecule has 1 atom stereocenters. The minimum absolute atomic E-state index is 0.0556. The van der Waals surface area contributed by atoms with Crippen molar-refractivity contribution in [1.82, 2.24) is 4.98 Å². The van der Waals surface area contributed by atoms with Gasteiger partial charge in [0.25, 0.3) is 0 Å². The average Bonchev–Trinajstić information content (AvgIpc) is 2.97. The second-order valence-electron chi connectivity index (χ2n) is 5.33. The molecular formula is C15H18N4OS. The van der Waals surface area contributed by atoms with Gasteiger partial charge in [-0.1, -0.05) is 6.07 Å². The van der Waals surface area contributed by atoms with Crippen molar-refractivity contribution in [2.45, 2.75) is 19.5 Å². The van der Waals surface area contributed by atoms with Crippen LogP contribution >= 0.6 is 11.3 Å². The Labute approximate surface area is 128 Å². The summed E-state index contributed by atoms with van der Waals surface area (Å²) in [7, 11) is 3.79. The fourth-order valence-corrected chi connectivity index (χ4v) is 3.20. The maximum atomic E-state index is 11.9. The number of likely N-dealkylation sites (N-methyl/N-ethyl adjacent to an activating group) is 1. The van der Waals surface area contributed by atoms with Crippen molar-refractivity contribution in [3.05, 3.63) is 39.8 Å². The molecule has 0 radical (unpaired) electrons. The zero-order valence-corrected chi connectivity index (χ0v) is 13.1. The van der Waals surface area contributed by atoms with Crippen LogP contribution in [0.15, 0.2) is 23.6 Å². The van der Waals surface area contributed by atoms with Crippen LogP contribution < -0.4 is 15.5 Å². The number of carbonyl (C=O) groups is 1. The van der Waals surface area contributed by atoms with Gasteiger partial charge in [0, 0.05) is 30.7 Å². The van der Waals surface area contributed by atoms with Crippen LogP contribution in [-0.4, -0.2) is 25.0 Å². The number of aryl methyl sites for hydroxylation is 1. The Hall–Kier alpha value is -1.92. The lowest BCUT2D eigenvalue weighted by atomic mass is 10.1. The lowest BCUT2D eigenvalue weighted by Crippen LogP contribution is -2.27. The molecule has 2 N–H and O–H groups in total. The Balaban J connectivity index is 1.86. The first-order valence-corrected chi connectivity index (χ1v) is 7.64. The Kier molecular flexibility index (Phi) is 3.43. The van der Waals surface area contributed by atoms with E-state index in [1.807, 2.05) is 32.2 Å². The van der Waals surface area contributed by atoms with E-state index in [-0.39, 0.29) is 5.91 Å². The summed E-state index contributed by atoms with van der Waals surface area (Å²) in [6, 6.07) is 5.42. The summed E-state index contributed by atoms with van der Waals surface area (Å²) in [5.74, 6) is -0.0556. The third-order valence-corrected chi connectivity index (χ3v) is 4.64. The number of fused-ring (bicyclic) bond motifs is 1. The highest BCUT2D eigenvalue weighted by Crippen LogP contribution is 2.36. The molecule has 1 unspecified atom stereocenters. The molecule has 1 aromatic carbocycles. The number of carbonyl (C=O) groups excluding carboxylic acids is 1. The van der Waals surface area contributed by atoms with Crippen molar-refractivity contribution in [3.63, 3.8) is 0 Å². The van der Waals surface area contributed by atoms with Crippen molar-refractivity contribution < 1.29 is 4.79 Å². The Bertz CT molecular complexity index is 697. The maximum absolute atomic E-state index is 11.9. The number of nitrogens with two attached hydrogens (primary N) is 1. The topological polar surface area (TPSA) is 62.5 Å². The molecule has 0 fully saturated rings. The first kappa shape index (κ1) is 14.0. The smallest absolute Gasteiger partial charge is 0.248 e. The molecule has 21 heavy (non-hydrogen) atoms. The van der Waals surface area contributed by atoms with Gasteiger partial charge in [-0.3, -0.25) is 4.79 Å². The molecule has 6 heteroatoms. The number of amides is 1. The minimum atomic E-state index is -0.537. The third-order valence-electron chi connectivity index (χ3n) is 3.81. The molecule has 0 saturated heterocycles. The molecule has 2 heterocycles. The van der Waals surface area contributed by atoms with Crippen LogP contribution in [0.5, 0.6) is 0 Å². The van der Waals surface area contributed by atoms with E-state index < -0.39 is 6.04 Å². The van der Waals surface area contributed by atoms with E-state index in [9.17, 15) is 4.79 Å².